The van der Waals surface area contributed by atoms with Crippen LogP contribution in [0.4, 0.5) is 0 Å². The van der Waals surface area contributed by atoms with Gasteiger partial charge in [0, 0.05) is 40.2 Å². The maximum atomic E-state index is 6.07. The number of ether oxygens (including phenoxy) is 1. The number of thioether (sulfide) groups is 1. The molecule has 1 aromatic heterocycles. The van der Waals surface area contributed by atoms with E-state index < -0.39 is 0 Å². The summed E-state index contributed by atoms with van der Waals surface area (Å²) in [6.07, 6.45) is 5.14. The molecule has 1 fully saturated rings. The predicted octanol–water partition coefficient (Wildman–Crippen LogP) is 6.87. The zero-order valence-electron chi connectivity index (χ0n) is 19.7. The van der Waals surface area contributed by atoms with Crippen molar-refractivity contribution in [2.24, 2.45) is 0 Å². The number of aryl methyl sites for hydroxylation is 1. The van der Waals surface area contributed by atoms with Crippen molar-refractivity contribution in [2.75, 3.05) is 32.0 Å². The van der Waals surface area contributed by atoms with Crippen molar-refractivity contribution in [2.45, 2.75) is 37.1 Å². The van der Waals surface area contributed by atoms with Gasteiger partial charge in [0.15, 0.2) is 0 Å². The fourth-order valence-corrected chi connectivity index (χ4v) is 6.52. The fourth-order valence-electron chi connectivity index (χ4n) is 5.50. The highest BCUT2D eigenvalue weighted by Crippen LogP contribution is 2.42. The fraction of sp³-hybridized carbons (Fsp3) is 0.333. The molecule has 2 aliphatic rings. The van der Waals surface area contributed by atoms with E-state index in [4.69, 9.17) is 4.74 Å². The molecule has 1 saturated heterocycles. The molecule has 3 heterocycles. The molecule has 4 heteroatoms. The van der Waals surface area contributed by atoms with Crippen molar-refractivity contribution in [1.82, 2.24) is 9.47 Å². The zero-order chi connectivity index (χ0) is 22.7. The highest BCUT2D eigenvalue weighted by atomic mass is 32.2. The summed E-state index contributed by atoms with van der Waals surface area (Å²) in [7, 11) is 0. The SMILES string of the molecule is c1ccc2c(c1)SCCc1c-2n(Cc2ccc(OCCN3CCCCC3)cc2)c2ccccc12. The molecular formula is C30H32N2OS. The van der Waals surface area contributed by atoms with Crippen LogP contribution in [0.5, 0.6) is 5.75 Å². The van der Waals surface area contributed by atoms with Crippen LogP contribution >= 0.6 is 11.8 Å². The van der Waals surface area contributed by atoms with E-state index >= 15 is 0 Å². The Labute approximate surface area is 206 Å². The average Bonchev–Trinajstić information content (AvgIpc) is 3.06. The van der Waals surface area contributed by atoms with Crippen molar-refractivity contribution < 1.29 is 4.74 Å². The van der Waals surface area contributed by atoms with Crippen LogP contribution in [0, 0.1) is 0 Å². The number of benzene rings is 3. The van der Waals surface area contributed by atoms with Gasteiger partial charge in [-0.25, -0.2) is 0 Å². The molecule has 3 aromatic carbocycles. The van der Waals surface area contributed by atoms with Gasteiger partial charge in [0.05, 0.1) is 5.69 Å². The standard InChI is InChI=1S/C30H32N2OS/c1-6-17-31(18-7-1)19-20-33-24-14-12-23(13-15-24)22-32-28-10-4-2-8-25(28)26-16-21-34-29-11-5-3-9-27(29)30(26)32/h2-5,8-15H,1,6-7,16-22H2. The van der Waals surface area contributed by atoms with Crippen molar-refractivity contribution in [3.63, 3.8) is 0 Å². The van der Waals surface area contributed by atoms with Gasteiger partial charge in [-0.2, -0.15) is 0 Å². The molecule has 0 saturated carbocycles. The third-order valence-electron chi connectivity index (χ3n) is 7.22. The largest absolute Gasteiger partial charge is 0.492 e. The van der Waals surface area contributed by atoms with Crippen molar-refractivity contribution >= 4 is 22.7 Å². The lowest BCUT2D eigenvalue weighted by Gasteiger charge is -2.26. The molecule has 34 heavy (non-hydrogen) atoms. The minimum Gasteiger partial charge on any atom is -0.492 e. The number of para-hydroxylation sites is 1. The van der Waals surface area contributed by atoms with Gasteiger partial charge in [-0.15, -0.1) is 11.8 Å². The lowest BCUT2D eigenvalue weighted by molar-refractivity contribution is 0.183. The van der Waals surface area contributed by atoms with Gasteiger partial charge in [0.25, 0.3) is 0 Å². The maximum absolute atomic E-state index is 6.07. The van der Waals surface area contributed by atoms with Crippen molar-refractivity contribution in [1.29, 1.82) is 0 Å². The number of nitrogens with zero attached hydrogens (tertiary/aromatic N) is 2. The zero-order valence-corrected chi connectivity index (χ0v) is 20.5. The smallest absolute Gasteiger partial charge is 0.119 e. The van der Waals surface area contributed by atoms with Gasteiger partial charge >= 0.3 is 0 Å². The number of hydrogen-bond donors (Lipinski definition) is 0. The van der Waals surface area contributed by atoms with E-state index in [1.165, 1.54) is 70.5 Å². The Bertz CT molecular complexity index is 1270. The van der Waals surface area contributed by atoms with E-state index in [0.717, 1.165) is 37.6 Å². The Morgan fingerprint density at radius 3 is 2.50 bits per heavy atom. The van der Waals surface area contributed by atoms with Gasteiger partial charge < -0.3 is 9.30 Å². The molecule has 2 aliphatic heterocycles. The summed E-state index contributed by atoms with van der Waals surface area (Å²) < 4.78 is 8.60. The van der Waals surface area contributed by atoms with Crippen molar-refractivity contribution in [3.05, 3.63) is 83.9 Å². The molecule has 0 N–H and O–H groups in total. The number of fused-ring (bicyclic) bond motifs is 5. The molecule has 0 aliphatic carbocycles. The van der Waals surface area contributed by atoms with Gasteiger partial charge in [-0.3, -0.25) is 4.90 Å². The summed E-state index contributed by atoms with van der Waals surface area (Å²) in [5.41, 5.74) is 6.89. The number of hydrogen-bond acceptors (Lipinski definition) is 3. The van der Waals surface area contributed by atoms with Crippen LogP contribution in [-0.4, -0.2) is 41.5 Å². The molecule has 0 spiro atoms. The summed E-state index contributed by atoms with van der Waals surface area (Å²) in [5.74, 6) is 2.10. The molecule has 0 bridgehead atoms. The Morgan fingerprint density at radius 1 is 0.824 bits per heavy atom. The minimum atomic E-state index is 0.767. The first-order valence-electron chi connectivity index (χ1n) is 12.6. The van der Waals surface area contributed by atoms with Crippen LogP contribution < -0.4 is 4.74 Å². The van der Waals surface area contributed by atoms with E-state index in [2.05, 4.69) is 82.3 Å². The van der Waals surface area contributed by atoms with Crippen molar-refractivity contribution in [3.8, 4) is 17.0 Å². The predicted molar refractivity (Wildman–Crippen MR) is 143 cm³/mol. The summed E-state index contributed by atoms with van der Waals surface area (Å²) in [5, 5.41) is 1.40. The van der Waals surface area contributed by atoms with Crippen LogP contribution in [0.2, 0.25) is 0 Å². The summed E-state index contributed by atoms with van der Waals surface area (Å²) >= 11 is 1.98. The number of likely N-dealkylation sites (tertiary alicyclic amines) is 1. The van der Waals surface area contributed by atoms with E-state index in [0.29, 0.717) is 0 Å². The third-order valence-corrected chi connectivity index (χ3v) is 8.29. The number of aromatic nitrogens is 1. The van der Waals surface area contributed by atoms with Crippen LogP contribution in [-0.2, 0) is 13.0 Å². The highest BCUT2D eigenvalue weighted by molar-refractivity contribution is 7.99. The molecule has 3 nitrogen and oxygen atoms in total. The van der Waals surface area contributed by atoms with E-state index in [-0.39, 0.29) is 0 Å². The maximum Gasteiger partial charge on any atom is 0.119 e. The molecule has 174 valence electrons. The van der Waals surface area contributed by atoms with Gasteiger partial charge in [0.2, 0.25) is 0 Å². The molecule has 6 rings (SSSR count). The first kappa shape index (κ1) is 21.8. The Morgan fingerprint density at radius 2 is 1.62 bits per heavy atom. The Balaban J connectivity index is 1.26. The van der Waals surface area contributed by atoms with Gasteiger partial charge in [0.1, 0.15) is 12.4 Å². The van der Waals surface area contributed by atoms with Gasteiger partial charge in [-0.1, -0.05) is 55.0 Å². The molecule has 0 atom stereocenters. The summed E-state index contributed by atoms with van der Waals surface area (Å²) in [6.45, 7) is 5.10. The normalized spacial score (nSPS) is 16.1. The Kier molecular flexibility index (Phi) is 6.35. The monoisotopic (exact) mass is 468 g/mol. The summed E-state index contributed by atoms with van der Waals surface area (Å²) in [4.78, 5) is 3.92. The second kappa shape index (κ2) is 9.89. The van der Waals surface area contributed by atoms with Crippen LogP contribution in [0.3, 0.4) is 0 Å². The molecular weight excluding hydrogens is 436 g/mol. The average molecular weight is 469 g/mol. The lowest BCUT2D eigenvalue weighted by Crippen LogP contribution is -2.33. The first-order chi connectivity index (χ1) is 16.9. The Hall–Kier alpha value is -2.69. The molecule has 4 aromatic rings. The first-order valence-corrected chi connectivity index (χ1v) is 13.6. The quantitative estimate of drug-likeness (QED) is 0.307. The van der Waals surface area contributed by atoms with E-state index in [1.807, 2.05) is 11.8 Å². The number of rotatable bonds is 6. The molecule has 0 radical (unpaired) electrons. The number of piperidine rings is 1. The van der Waals surface area contributed by atoms with Crippen LogP contribution in [0.15, 0.2) is 77.7 Å². The topological polar surface area (TPSA) is 17.4 Å². The molecule has 0 unspecified atom stereocenters. The van der Waals surface area contributed by atoms with E-state index in [1.54, 1.807) is 0 Å². The third kappa shape index (κ3) is 4.37. The minimum absolute atomic E-state index is 0.767. The summed E-state index contributed by atoms with van der Waals surface area (Å²) in [6, 6.07) is 26.5. The second-order valence-corrected chi connectivity index (χ2v) is 10.6. The lowest BCUT2D eigenvalue weighted by atomic mass is 10.0. The van der Waals surface area contributed by atoms with Crippen LogP contribution in [0.25, 0.3) is 22.2 Å². The van der Waals surface area contributed by atoms with E-state index in [9.17, 15) is 0 Å². The second-order valence-electron chi connectivity index (χ2n) is 9.42. The van der Waals surface area contributed by atoms with Gasteiger partial charge in [-0.05, 0) is 67.7 Å². The van der Waals surface area contributed by atoms with Crippen LogP contribution in [0.1, 0.15) is 30.4 Å². The highest BCUT2D eigenvalue weighted by Gasteiger charge is 2.23. The molecule has 0 amide bonds.